The molecule has 0 unspecified atom stereocenters. The molecule has 0 aliphatic carbocycles. The van der Waals surface area contributed by atoms with Crippen molar-refractivity contribution in [3.05, 3.63) is 40.6 Å². The SMILES string of the molecule is FC(F)(F)c1cccc(-c2nc(-c3csc(NC4=NCCCN4)n3)cs2)c1. The number of thiazole rings is 2. The lowest BCUT2D eigenvalue weighted by Gasteiger charge is -2.13. The van der Waals surface area contributed by atoms with Gasteiger partial charge >= 0.3 is 6.18 Å². The maximum absolute atomic E-state index is 12.9. The van der Waals surface area contributed by atoms with Gasteiger partial charge in [-0.25, -0.2) is 9.97 Å². The van der Waals surface area contributed by atoms with Gasteiger partial charge in [0.15, 0.2) is 11.1 Å². The lowest BCUT2D eigenvalue weighted by atomic mass is 10.1. The van der Waals surface area contributed by atoms with Gasteiger partial charge in [-0.15, -0.1) is 22.7 Å². The highest BCUT2D eigenvalue weighted by Crippen LogP contribution is 2.34. The predicted molar refractivity (Wildman–Crippen MR) is 102 cm³/mol. The van der Waals surface area contributed by atoms with E-state index in [9.17, 15) is 13.2 Å². The first-order valence-electron chi connectivity index (χ1n) is 8.13. The molecule has 0 saturated heterocycles. The van der Waals surface area contributed by atoms with E-state index in [1.807, 2.05) is 5.38 Å². The van der Waals surface area contributed by atoms with Crippen LogP contribution in [-0.4, -0.2) is 29.0 Å². The summed E-state index contributed by atoms with van der Waals surface area (Å²) in [6.45, 7) is 1.65. The van der Waals surface area contributed by atoms with Gasteiger partial charge < -0.3 is 10.6 Å². The molecule has 1 aliphatic heterocycles. The van der Waals surface area contributed by atoms with Gasteiger partial charge in [0.25, 0.3) is 0 Å². The molecule has 2 N–H and O–H groups in total. The zero-order valence-electron chi connectivity index (χ0n) is 13.9. The van der Waals surface area contributed by atoms with Gasteiger partial charge in [0.2, 0.25) is 0 Å². The number of anilines is 1. The van der Waals surface area contributed by atoms with Gasteiger partial charge in [-0.2, -0.15) is 13.2 Å². The molecule has 0 saturated carbocycles. The predicted octanol–water partition coefficient (Wildman–Crippen LogP) is 4.71. The second-order valence-electron chi connectivity index (χ2n) is 5.79. The fourth-order valence-corrected chi connectivity index (χ4v) is 4.03. The molecular formula is C17H14F3N5S2. The molecule has 0 radical (unpaired) electrons. The molecule has 1 aliphatic rings. The monoisotopic (exact) mass is 409 g/mol. The van der Waals surface area contributed by atoms with Crippen LogP contribution in [0.15, 0.2) is 40.0 Å². The van der Waals surface area contributed by atoms with Crippen LogP contribution >= 0.6 is 22.7 Å². The van der Waals surface area contributed by atoms with E-state index in [0.29, 0.717) is 33.1 Å². The molecule has 5 nitrogen and oxygen atoms in total. The minimum absolute atomic E-state index is 0.440. The Bertz CT molecular complexity index is 977. The number of hydrogen-bond acceptors (Lipinski definition) is 7. The second-order valence-corrected chi connectivity index (χ2v) is 7.51. The van der Waals surface area contributed by atoms with E-state index in [-0.39, 0.29) is 0 Å². The summed E-state index contributed by atoms with van der Waals surface area (Å²) in [5.74, 6) is 0.699. The number of rotatable bonds is 3. The third-order valence-corrected chi connectivity index (χ3v) is 5.48. The summed E-state index contributed by atoms with van der Waals surface area (Å²) in [6.07, 6.45) is -3.37. The Morgan fingerprint density at radius 3 is 2.67 bits per heavy atom. The van der Waals surface area contributed by atoms with Gasteiger partial charge in [0.05, 0.1) is 5.56 Å². The summed E-state index contributed by atoms with van der Waals surface area (Å²) in [4.78, 5) is 13.3. The van der Waals surface area contributed by atoms with Crippen molar-refractivity contribution < 1.29 is 13.2 Å². The number of halogens is 3. The van der Waals surface area contributed by atoms with E-state index in [0.717, 1.165) is 31.6 Å². The lowest BCUT2D eigenvalue weighted by molar-refractivity contribution is -0.137. The van der Waals surface area contributed by atoms with Crippen molar-refractivity contribution in [1.29, 1.82) is 0 Å². The van der Waals surface area contributed by atoms with Gasteiger partial charge in [-0.3, -0.25) is 4.99 Å². The maximum Gasteiger partial charge on any atom is 0.416 e. The molecule has 0 bridgehead atoms. The summed E-state index contributed by atoms with van der Waals surface area (Å²) >= 11 is 2.71. The van der Waals surface area contributed by atoms with Gasteiger partial charge in [0, 0.05) is 29.4 Å². The van der Waals surface area contributed by atoms with Crippen LogP contribution in [0.1, 0.15) is 12.0 Å². The highest BCUT2D eigenvalue weighted by Gasteiger charge is 2.30. The number of hydrogen-bond donors (Lipinski definition) is 2. The largest absolute Gasteiger partial charge is 0.416 e. The molecule has 4 rings (SSSR count). The fourth-order valence-electron chi connectivity index (χ4n) is 2.52. The Labute approximate surface area is 161 Å². The van der Waals surface area contributed by atoms with Crippen molar-refractivity contribution >= 4 is 33.8 Å². The average Bonchev–Trinajstić information content (AvgIpc) is 3.31. The Balaban J connectivity index is 1.54. The standard InChI is InChI=1S/C17H14F3N5S2/c18-17(19,20)11-4-1-3-10(7-11)14-23-12(8-26-14)13-9-27-16(24-13)25-15-21-5-2-6-22-15/h1,3-4,7-9H,2,5-6H2,(H2,21,22,24,25). The molecule has 0 amide bonds. The quantitative estimate of drug-likeness (QED) is 0.658. The van der Waals surface area contributed by atoms with Gasteiger partial charge in [0.1, 0.15) is 16.4 Å². The van der Waals surface area contributed by atoms with Crippen molar-refractivity contribution in [2.75, 3.05) is 18.4 Å². The Hall–Kier alpha value is -2.46. The average molecular weight is 409 g/mol. The summed E-state index contributed by atoms with van der Waals surface area (Å²) in [6, 6.07) is 5.18. The van der Waals surface area contributed by atoms with Crippen LogP contribution in [-0.2, 0) is 6.18 Å². The van der Waals surface area contributed by atoms with E-state index in [1.165, 1.54) is 28.7 Å². The highest BCUT2D eigenvalue weighted by molar-refractivity contribution is 7.14. The fraction of sp³-hybridized carbons (Fsp3) is 0.235. The minimum Gasteiger partial charge on any atom is -0.356 e. The van der Waals surface area contributed by atoms with Crippen LogP contribution in [0.2, 0.25) is 0 Å². The first kappa shape index (κ1) is 17.9. The summed E-state index contributed by atoms with van der Waals surface area (Å²) in [5, 5.41) is 11.2. The van der Waals surface area contributed by atoms with Crippen LogP contribution in [0.3, 0.4) is 0 Å². The van der Waals surface area contributed by atoms with E-state index in [4.69, 9.17) is 0 Å². The smallest absolute Gasteiger partial charge is 0.356 e. The van der Waals surface area contributed by atoms with Crippen molar-refractivity contribution in [3.63, 3.8) is 0 Å². The summed E-state index contributed by atoms with van der Waals surface area (Å²) in [7, 11) is 0. The second kappa shape index (κ2) is 7.28. The number of aliphatic imine (C=N–C) groups is 1. The molecule has 0 fully saturated rings. The van der Waals surface area contributed by atoms with Crippen LogP contribution < -0.4 is 10.6 Å². The zero-order chi connectivity index (χ0) is 18.9. The molecule has 3 aromatic rings. The molecule has 10 heteroatoms. The van der Waals surface area contributed by atoms with Crippen molar-refractivity contribution in [3.8, 4) is 22.0 Å². The minimum atomic E-state index is -4.37. The molecule has 1 aromatic carbocycles. The number of nitrogens with zero attached hydrogens (tertiary/aromatic N) is 3. The molecule has 3 heterocycles. The van der Waals surface area contributed by atoms with Crippen LogP contribution in [0.4, 0.5) is 18.3 Å². The van der Waals surface area contributed by atoms with E-state index >= 15 is 0 Å². The van der Waals surface area contributed by atoms with Crippen LogP contribution in [0.5, 0.6) is 0 Å². The summed E-state index contributed by atoms with van der Waals surface area (Å²) < 4.78 is 38.7. The molecule has 2 aromatic heterocycles. The van der Waals surface area contributed by atoms with E-state index in [1.54, 1.807) is 11.4 Å². The Morgan fingerprint density at radius 1 is 1.07 bits per heavy atom. The molecule has 140 valence electrons. The van der Waals surface area contributed by atoms with Crippen molar-refractivity contribution in [2.24, 2.45) is 4.99 Å². The molecular weight excluding hydrogens is 395 g/mol. The van der Waals surface area contributed by atoms with E-state index < -0.39 is 11.7 Å². The third kappa shape index (κ3) is 4.11. The number of aromatic nitrogens is 2. The molecule has 0 spiro atoms. The Kier molecular flexibility index (Phi) is 4.83. The number of benzene rings is 1. The Morgan fingerprint density at radius 2 is 1.89 bits per heavy atom. The number of nitrogens with one attached hydrogen (secondary N) is 2. The maximum atomic E-state index is 12.9. The van der Waals surface area contributed by atoms with Gasteiger partial charge in [-0.1, -0.05) is 12.1 Å². The first-order valence-corrected chi connectivity index (χ1v) is 9.89. The lowest BCUT2D eigenvalue weighted by Crippen LogP contribution is -2.35. The topological polar surface area (TPSA) is 62.2 Å². The van der Waals surface area contributed by atoms with Gasteiger partial charge in [-0.05, 0) is 18.6 Å². The molecule has 0 atom stereocenters. The van der Waals surface area contributed by atoms with Crippen LogP contribution in [0, 0.1) is 0 Å². The number of guanidine groups is 1. The number of alkyl halides is 3. The first-order chi connectivity index (χ1) is 13.0. The molecule has 27 heavy (non-hydrogen) atoms. The highest BCUT2D eigenvalue weighted by atomic mass is 32.1. The summed E-state index contributed by atoms with van der Waals surface area (Å²) in [5.41, 5.74) is 1.07. The van der Waals surface area contributed by atoms with Crippen LogP contribution in [0.25, 0.3) is 22.0 Å². The normalized spacial score (nSPS) is 14.6. The zero-order valence-corrected chi connectivity index (χ0v) is 15.5. The van der Waals surface area contributed by atoms with Crippen molar-refractivity contribution in [2.45, 2.75) is 12.6 Å². The van der Waals surface area contributed by atoms with Crippen molar-refractivity contribution in [1.82, 2.24) is 15.3 Å². The van der Waals surface area contributed by atoms with E-state index in [2.05, 4.69) is 25.6 Å². The third-order valence-electron chi connectivity index (χ3n) is 3.83.